The summed E-state index contributed by atoms with van der Waals surface area (Å²) in [6.45, 7) is 3.02. The van der Waals surface area contributed by atoms with E-state index >= 15 is 0 Å². The molecule has 1 heterocycles. The molecule has 0 fully saturated rings. The molecule has 0 saturated heterocycles. The van der Waals surface area contributed by atoms with E-state index in [0.29, 0.717) is 10.8 Å². The van der Waals surface area contributed by atoms with Gasteiger partial charge >= 0.3 is 0 Å². The fourth-order valence-electron chi connectivity index (χ4n) is 1.91. The number of rotatable bonds is 5. The normalized spacial score (nSPS) is 13.3. The van der Waals surface area contributed by atoms with Crippen molar-refractivity contribution in [2.45, 2.75) is 17.7 Å². The summed E-state index contributed by atoms with van der Waals surface area (Å²) in [5.74, 6) is 0.369. The zero-order valence-corrected chi connectivity index (χ0v) is 13.4. The van der Waals surface area contributed by atoms with Crippen molar-refractivity contribution in [2.24, 2.45) is 0 Å². The number of nitrogens with zero attached hydrogens (tertiary/aromatic N) is 1. The van der Waals surface area contributed by atoms with E-state index in [9.17, 15) is 8.42 Å². The first-order valence-electron chi connectivity index (χ1n) is 6.32. The van der Waals surface area contributed by atoms with Gasteiger partial charge in [-0.05, 0) is 19.2 Å². The van der Waals surface area contributed by atoms with Crippen molar-refractivity contribution in [1.29, 1.82) is 0 Å². The van der Waals surface area contributed by atoms with Crippen molar-refractivity contribution < 1.29 is 8.42 Å². The molecule has 1 atom stereocenters. The van der Waals surface area contributed by atoms with E-state index in [-0.39, 0.29) is 0 Å². The minimum absolute atomic E-state index is 0.334. The Labute approximate surface area is 123 Å². The van der Waals surface area contributed by atoms with Gasteiger partial charge in [0.15, 0.2) is 9.84 Å². The molecule has 6 heteroatoms. The molecule has 4 nitrogen and oxygen atoms in total. The Kier molecular flexibility index (Phi) is 4.57. The van der Waals surface area contributed by atoms with Gasteiger partial charge in [-0.2, -0.15) is 0 Å². The maximum atomic E-state index is 11.4. The SMILES string of the molecule is CNCC(C)c1nc(-c2ccc(S(C)(=O)=O)cc2)cs1. The van der Waals surface area contributed by atoms with Crippen LogP contribution in [0.4, 0.5) is 0 Å². The second kappa shape index (κ2) is 6.03. The van der Waals surface area contributed by atoms with Crippen LogP contribution in [0.1, 0.15) is 17.8 Å². The number of nitrogens with one attached hydrogen (secondary N) is 1. The Balaban J connectivity index is 2.24. The van der Waals surface area contributed by atoms with Crippen molar-refractivity contribution >= 4 is 21.2 Å². The monoisotopic (exact) mass is 310 g/mol. The van der Waals surface area contributed by atoms with Crippen LogP contribution in [-0.2, 0) is 9.84 Å². The van der Waals surface area contributed by atoms with Gasteiger partial charge in [-0.15, -0.1) is 11.3 Å². The molecule has 1 N–H and O–H groups in total. The first-order valence-corrected chi connectivity index (χ1v) is 9.09. The van der Waals surface area contributed by atoms with Crippen LogP contribution >= 0.6 is 11.3 Å². The van der Waals surface area contributed by atoms with Gasteiger partial charge in [0, 0.05) is 29.7 Å². The standard InChI is InChI=1S/C14H18N2O2S2/c1-10(8-15-2)14-16-13(9-19-14)11-4-6-12(7-5-11)20(3,17)18/h4-7,9-10,15H,8H2,1-3H3. The van der Waals surface area contributed by atoms with Crippen molar-refractivity contribution in [1.82, 2.24) is 10.3 Å². The molecule has 0 saturated carbocycles. The number of aromatic nitrogens is 1. The van der Waals surface area contributed by atoms with Gasteiger partial charge in [0.25, 0.3) is 0 Å². The van der Waals surface area contributed by atoms with E-state index in [1.807, 2.05) is 12.4 Å². The molecular weight excluding hydrogens is 292 g/mol. The van der Waals surface area contributed by atoms with Crippen LogP contribution in [0.5, 0.6) is 0 Å². The average Bonchev–Trinajstić information content (AvgIpc) is 2.88. The van der Waals surface area contributed by atoms with Gasteiger partial charge < -0.3 is 5.32 Å². The molecule has 2 aromatic rings. The highest BCUT2D eigenvalue weighted by molar-refractivity contribution is 7.90. The molecule has 0 aliphatic carbocycles. The number of hydrogen-bond acceptors (Lipinski definition) is 5. The van der Waals surface area contributed by atoms with Crippen molar-refractivity contribution in [3.8, 4) is 11.3 Å². The summed E-state index contributed by atoms with van der Waals surface area (Å²) in [7, 11) is -1.22. The Morgan fingerprint density at radius 3 is 2.50 bits per heavy atom. The third kappa shape index (κ3) is 3.45. The summed E-state index contributed by atoms with van der Waals surface area (Å²) in [6, 6.07) is 6.86. The molecule has 1 aromatic carbocycles. The molecule has 0 radical (unpaired) electrons. The van der Waals surface area contributed by atoms with Gasteiger partial charge in [-0.25, -0.2) is 13.4 Å². The number of sulfone groups is 1. The summed E-state index contributed by atoms with van der Waals surface area (Å²) in [5, 5.41) is 6.23. The minimum Gasteiger partial charge on any atom is -0.319 e. The summed E-state index contributed by atoms with van der Waals surface area (Å²) < 4.78 is 22.9. The first-order chi connectivity index (χ1) is 9.41. The smallest absolute Gasteiger partial charge is 0.175 e. The fourth-order valence-corrected chi connectivity index (χ4v) is 3.43. The molecule has 108 valence electrons. The number of thiazole rings is 1. The van der Waals surface area contributed by atoms with E-state index in [0.717, 1.165) is 22.8 Å². The highest BCUT2D eigenvalue weighted by Crippen LogP contribution is 2.26. The van der Waals surface area contributed by atoms with Gasteiger partial charge in [-0.3, -0.25) is 0 Å². The Morgan fingerprint density at radius 1 is 1.30 bits per heavy atom. The molecule has 0 amide bonds. The Morgan fingerprint density at radius 2 is 1.95 bits per heavy atom. The van der Waals surface area contributed by atoms with E-state index in [4.69, 9.17) is 0 Å². The molecule has 1 unspecified atom stereocenters. The molecule has 0 spiro atoms. The van der Waals surface area contributed by atoms with E-state index in [1.165, 1.54) is 6.26 Å². The zero-order chi connectivity index (χ0) is 14.8. The third-order valence-corrected chi connectivity index (χ3v) is 5.24. The quantitative estimate of drug-likeness (QED) is 0.922. The van der Waals surface area contributed by atoms with Crippen LogP contribution in [0.3, 0.4) is 0 Å². The van der Waals surface area contributed by atoms with E-state index in [2.05, 4.69) is 17.2 Å². The summed E-state index contributed by atoms with van der Waals surface area (Å²) >= 11 is 1.63. The summed E-state index contributed by atoms with van der Waals surface area (Å²) in [4.78, 5) is 4.95. The maximum absolute atomic E-state index is 11.4. The highest BCUT2D eigenvalue weighted by atomic mass is 32.2. The second-order valence-corrected chi connectivity index (χ2v) is 7.73. The molecule has 2 rings (SSSR count). The number of benzene rings is 1. The fraction of sp³-hybridized carbons (Fsp3) is 0.357. The van der Waals surface area contributed by atoms with Crippen LogP contribution in [0.2, 0.25) is 0 Å². The summed E-state index contributed by atoms with van der Waals surface area (Å²) in [6.07, 6.45) is 1.21. The van der Waals surface area contributed by atoms with Crippen LogP contribution in [-0.4, -0.2) is 33.2 Å². The van der Waals surface area contributed by atoms with Gasteiger partial charge in [-0.1, -0.05) is 19.1 Å². The van der Waals surface area contributed by atoms with Gasteiger partial charge in [0.2, 0.25) is 0 Å². The zero-order valence-electron chi connectivity index (χ0n) is 11.8. The van der Waals surface area contributed by atoms with Crippen LogP contribution in [0, 0.1) is 0 Å². The third-order valence-electron chi connectivity index (χ3n) is 3.03. The first kappa shape index (κ1) is 15.2. The molecule has 0 bridgehead atoms. The lowest BCUT2D eigenvalue weighted by molar-refractivity contribution is 0.602. The van der Waals surface area contributed by atoms with Crippen LogP contribution in [0.25, 0.3) is 11.3 Å². The Bertz CT molecular complexity index is 675. The molecule has 0 aliphatic heterocycles. The summed E-state index contributed by atoms with van der Waals surface area (Å²) in [5.41, 5.74) is 1.84. The minimum atomic E-state index is -3.14. The molecular formula is C14H18N2O2S2. The largest absolute Gasteiger partial charge is 0.319 e. The van der Waals surface area contributed by atoms with Crippen LogP contribution < -0.4 is 5.32 Å². The topological polar surface area (TPSA) is 59.1 Å². The lowest BCUT2D eigenvalue weighted by atomic mass is 10.1. The molecule has 1 aromatic heterocycles. The van der Waals surface area contributed by atoms with Gasteiger partial charge in [0.05, 0.1) is 15.6 Å². The van der Waals surface area contributed by atoms with Crippen molar-refractivity contribution in [3.05, 3.63) is 34.7 Å². The van der Waals surface area contributed by atoms with Crippen LogP contribution in [0.15, 0.2) is 34.5 Å². The van der Waals surface area contributed by atoms with Crippen molar-refractivity contribution in [3.63, 3.8) is 0 Å². The lowest BCUT2D eigenvalue weighted by Gasteiger charge is -2.06. The van der Waals surface area contributed by atoms with E-state index in [1.54, 1.807) is 35.6 Å². The number of hydrogen-bond donors (Lipinski definition) is 1. The Hall–Kier alpha value is -1.24. The molecule has 20 heavy (non-hydrogen) atoms. The van der Waals surface area contributed by atoms with Crippen molar-refractivity contribution in [2.75, 3.05) is 19.8 Å². The second-order valence-electron chi connectivity index (χ2n) is 4.83. The molecule has 0 aliphatic rings. The van der Waals surface area contributed by atoms with E-state index < -0.39 is 9.84 Å². The maximum Gasteiger partial charge on any atom is 0.175 e. The predicted molar refractivity (Wildman–Crippen MR) is 83.0 cm³/mol. The predicted octanol–water partition coefficient (Wildman–Crippen LogP) is 2.54. The number of likely N-dealkylation sites (N-methyl/N-ethyl adjacent to an activating group) is 1. The highest BCUT2D eigenvalue weighted by Gasteiger charge is 2.12. The lowest BCUT2D eigenvalue weighted by Crippen LogP contribution is -2.14. The van der Waals surface area contributed by atoms with Gasteiger partial charge in [0.1, 0.15) is 0 Å². The average molecular weight is 310 g/mol.